The van der Waals surface area contributed by atoms with Crippen molar-refractivity contribution in [3.8, 4) is 12.3 Å². The van der Waals surface area contributed by atoms with E-state index < -0.39 is 5.60 Å². The lowest BCUT2D eigenvalue weighted by atomic mass is 9.80. The molecular weight excluding hydrogens is 148 g/mol. The third-order valence-electron chi connectivity index (χ3n) is 3.29. The minimum absolute atomic E-state index is 0.289. The molecule has 4 atom stereocenters. The molecule has 2 aliphatic rings. The maximum Gasteiger partial charge on any atom is 0.125 e. The van der Waals surface area contributed by atoms with Gasteiger partial charge in [-0.05, 0) is 31.6 Å². The van der Waals surface area contributed by atoms with Gasteiger partial charge in [0.05, 0.1) is 0 Å². The van der Waals surface area contributed by atoms with Gasteiger partial charge in [0, 0.05) is 5.92 Å². The Morgan fingerprint density at radius 3 is 2.67 bits per heavy atom. The highest BCUT2D eigenvalue weighted by molar-refractivity contribution is 5.19. The van der Waals surface area contributed by atoms with E-state index in [9.17, 15) is 5.11 Å². The minimum Gasteiger partial charge on any atom is -0.378 e. The Bertz CT molecular complexity index is 257. The van der Waals surface area contributed by atoms with Gasteiger partial charge < -0.3 is 5.11 Å². The van der Waals surface area contributed by atoms with E-state index in [1.807, 2.05) is 0 Å². The zero-order chi connectivity index (χ0) is 8.77. The molecule has 1 heteroatoms. The molecule has 0 aromatic carbocycles. The first-order valence-electron chi connectivity index (χ1n) is 4.52. The second-order valence-electron chi connectivity index (χ2n) is 4.18. The Hall–Kier alpha value is -0.740. The molecule has 1 unspecified atom stereocenters. The summed E-state index contributed by atoms with van der Waals surface area (Å²) >= 11 is 0. The first-order valence-corrected chi connectivity index (χ1v) is 4.52. The van der Waals surface area contributed by atoms with E-state index in [0.29, 0.717) is 11.8 Å². The zero-order valence-corrected chi connectivity index (χ0v) is 7.33. The molecule has 0 heterocycles. The summed E-state index contributed by atoms with van der Waals surface area (Å²) in [5, 5.41) is 9.88. The van der Waals surface area contributed by atoms with Crippen molar-refractivity contribution >= 4 is 0 Å². The summed E-state index contributed by atoms with van der Waals surface area (Å²) in [6.45, 7) is 1.76. The molecule has 0 amide bonds. The fraction of sp³-hybridized carbons (Fsp3) is 0.636. The van der Waals surface area contributed by atoms with Crippen molar-refractivity contribution in [1.29, 1.82) is 0 Å². The molecule has 64 valence electrons. The fourth-order valence-electron chi connectivity index (χ4n) is 2.53. The van der Waals surface area contributed by atoms with Crippen molar-refractivity contribution in [2.45, 2.75) is 25.4 Å². The maximum atomic E-state index is 9.88. The lowest BCUT2D eigenvalue weighted by molar-refractivity contribution is 0.0434. The molecule has 0 spiro atoms. The molecule has 0 aliphatic heterocycles. The Labute approximate surface area is 73.5 Å². The van der Waals surface area contributed by atoms with Crippen LogP contribution < -0.4 is 0 Å². The lowest BCUT2D eigenvalue weighted by Crippen LogP contribution is -2.35. The molecule has 1 fully saturated rings. The number of terminal acetylenes is 1. The van der Waals surface area contributed by atoms with Gasteiger partial charge in [-0.2, -0.15) is 0 Å². The van der Waals surface area contributed by atoms with Crippen LogP contribution in [-0.2, 0) is 0 Å². The average Bonchev–Trinajstić information content (AvgIpc) is 2.64. The van der Waals surface area contributed by atoms with Crippen LogP contribution in [-0.4, -0.2) is 10.7 Å². The predicted molar refractivity (Wildman–Crippen MR) is 48.3 cm³/mol. The number of fused-ring (bicyclic) bond motifs is 2. The normalized spacial score (nSPS) is 42.6. The van der Waals surface area contributed by atoms with E-state index in [-0.39, 0.29) is 5.92 Å². The average molecular weight is 162 g/mol. The van der Waals surface area contributed by atoms with Crippen molar-refractivity contribution in [3.63, 3.8) is 0 Å². The first kappa shape index (κ1) is 7.89. The molecule has 1 N–H and O–H groups in total. The molecule has 2 aliphatic carbocycles. The molecule has 0 radical (unpaired) electrons. The summed E-state index contributed by atoms with van der Waals surface area (Å²) in [6, 6.07) is 0. The van der Waals surface area contributed by atoms with Gasteiger partial charge >= 0.3 is 0 Å². The van der Waals surface area contributed by atoms with Crippen LogP contribution in [0.15, 0.2) is 12.2 Å². The largest absolute Gasteiger partial charge is 0.378 e. The van der Waals surface area contributed by atoms with Crippen LogP contribution in [0.4, 0.5) is 0 Å². The van der Waals surface area contributed by atoms with Gasteiger partial charge in [-0.25, -0.2) is 0 Å². The fourth-order valence-corrected chi connectivity index (χ4v) is 2.53. The Balaban J connectivity index is 2.19. The summed E-state index contributed by atoms with van der Waals surface area (Å²) in [4.78, 5) is 0. The van der Waals surface area contributed by atoms with Gasteiger partial charge in [-0.3, -0.25) is 0 Å². The van der Waals surface area contributed by atoms with Gasteiger partial charge in [-0.15, -0.1) is 6.42 Å². The highest BCUT2D eigenvalue weighted by Crippen LogP contribution is 2.47. The van der Waals surface area contributed by atoms with Crippen LogP contribution in [0.25, 0.3) is 0 Å². The van der Waals surface area contributed by atoms with Crippen molar-refractivity contribution in [3.05, 3.63) is 12.2 Å². The Kier molecular flexibility index (Phi) is 1.56. The van der Waals surface area contributed by atoms with Crippen LogP contribution in [0.5, 0.6) is 0 Å². The van der Waals surface area contributed by atoms with Crippen LogP contribution in [0.2, 0.25) is 0 Å². The van der Waals surface area contributed by atoms with E-state index in [2.05, 4.69) is 18.1 Å². The summed E-state index contributed by atoms with van der Waals surface area (Å²) < 4.78 is 0. The second-order valence-corrected chi connectivity index (χ2v) is 4.18. The summed E-state index contributed by atoms with van der Waals surface area (Å²) in [5.74, 6) is 3.99. The van der Waals surface area contributed by atoms with Crippen molar-refractivity contribution in [2.24, 2.45) is 17.8 Å². The molecule has 1 nitrogen and oxygen atoms in total. The number of aliphatic hydroxyl groups is 1. The standard InChI is InChI=1S/C11H14O/c1-3-11(2,12)10-7-8-4-5-9(10)6-8/h1,4-5,8-10,12H,6-7H2,2H3/t8-,9+,10+,11?/m1/s1. The van der Waals surface area contributed by atoms with Crippen LogP contribution >= 0.6 is 0 Å². The third kappa shape index (κ3) is 0.990. The lowest BCUT2D eigenvalue weighted by Gasteiger charge is -2.29. The second kappa shape index (κ2) is 2.37. The highest BCUT2D eigenvalue weighted by Gasteiger charge is 2.44. The van der Waals surface area contributed by atoms with E-state index in [1.165, 1.54) is 6.42 Å². The number of hydrogen-bond donors (Lipinski definition) is 1. The summed E-state index contributed by atoms with van der Waals surface area (Å²) in [5.41, 5.74) is -0.899. The van der Waals surface area contributed by atoms with Gasteiger partial charge in [0.2, 0.25) is 0 Å². The monoisotopic (exact) mass is 162 g/mol. The zero-order valence-electron chi connectivity index (χ0n) is 7.33. The number of rotatable bonds is 1. The molecule has 1 saturated carbocycles. The van der Waals surface area contributed by atoms with E-state index in [4.69, 9.17) is 6.42 Å². The summed E-state index contributed by atoms with van der Waals surface area (Å²) in [6.07, 6.45) is 12.0. The minimum atomic E-state index is -0.899. The number of hydrogen-bond acceptors (Lipinski definition) is 1. The van der Waals surface area contributed by atoms with Gasteiger partial charge in [0.15, 0.2) is 0 Å². The first-order chi connectivity index (χ1) is 5.63. The van der Waals surface area contributed by atoms with Gasteiger partial charge in [0.1, 0.15) is 5.60 Å². The van der Waals surface area contributed by atoms with E-state index in [1.54, 1.807) is 6.92 Å². The predicted octanol–water partition coefficient (Wildman–Crippen LogP) is 1.58. The van der Waals surface area contributed by atoms with E-state index in [0.717, 1.165) is 6.42 Å². The van der Waals surface area contributed by atoms with Crippen LogP contribution in [0.3, 0.4) is 0 Å². The van der Waals surface area contributed by atoms with E-state index >= 15 is 0 Å². The highest BCUT2D eigenvalue weighted by atomic mass is 16.3. The molecule has 0 saturated heterocycles. The molecule has 0 aromatic heterocycles. The van der Waals surface area contributed by atoms with Crippen molar-refractivity contribution in [1.82, 2.24) is 0 Å². The molecule has 0 aromatic rings. The Morgan fingerprint density at radius 1 is 1.50 bits per heavy atom. The van der Waals surface area contributed by atoms with Crippen molar-refractivity contribution in [2.75, 3.05) is 0 Å². The van der Waals surface area contributed by atoms with Crippen molar-refractivity contribution < 1.29 is 5.11 Å². The Morgan fingerprint density at radius 2 is 2.25 bits per heavy atom. The third-order valence-corrected chi connectivity index (χ3v) is 3.29. The molecule has 2 rings (SSSR count). The smallest absolute Gasteiger partial charge is 0.125 e. The topological polar surface area (TPSA) is 20.2 Å². The van der Waals surface area contributed by atoms with Crippen LogP contribution in [0, 0.1) is 30.1 Å². The SMILES string of the molecule is C#CC(C)(O)[C@H]1C[C@@H]2C=C[C@H]1C2. The quantitative estimate of drug-likeness (QED) is 0.458. The number of allylic oxidation sites excluding steroid dienone is 2. The molecule has 12 heavy (non-hydrogen) atoms. The van der Waals surface area contributed by atoms with Gasteiger partial charge in [-0.1, -0.05) is 18.1 Å². The molecule has 2 bridgehead atoms. The summed E-state index contributed by atoms with van der Waals surface area (Å²) in [7, 11) is 0. The van der Waals surface area contributed by atoms with Gasteiger partial charge in [0.25, 0.3) is 0 Å². The van der Waals surface area contributed by atoms with Crippen LogP contribution in [0.1, 0.15) is 19.8 Å². The molecular formula is C11H14O. The maximum absolute atomic E-state index is 9.88.